The van der Waals surface area contributed by atoms with E-state index in [1.807, 2.05) is 6.07 Å². The Bertz CT molecular complexity index is 364. The highest BCUT2D eigenvalue weighted by molar-refractivity contribution is 5.39. The van der Waals surface area contributed by atoms with Crippen molar-refractivity contribution in [2.24, 2.45) is 0 Å². The summed E-state index contributed by atoms with van der Waals surface area (Å²) in [6.45, 7) is 6.43. The maximum absolute atomic E-state index is 8.82. The predicted octanol–water partition coefficient (Wildman–Crippen LogP) is 2.63. The van der Waals surface area contributed by atoms with Gasteiger partial charge in [0.15, 0.2) is 0 Å². The van der Waals surface area contributed by atoms with E-state index in [-0.39, 0.29) is 6.61 Å². The number of aliphatic hydroxyl groups excluding tert-OH is 1. The minimum Gasteiger partial charge on any atom is -0.496 e. The number of nitrogens with zero attached hydrogens (tertiary/aromatic N) is 1. The summed E-state index contributed by atoms with van der Waals surface area (Å²) in [5.74, 6) is 1.43. The van der Waals surface area contributed by atoms with Gasteiger partial charge in [0.2, 0.25) is 0 Å². The molecule has 1 aromatic rings. The van der Waals surface area contributed by atoms with Crippen molar-refractivity contribution in [3.63, 3.8) is 0 Å². The molecule has 0 aliphatic carbocycles. The van der Waals surface area contributed by atoms with Gasteiger partial charge < -0.3 is 14.7 Å². The molecule has 1 rings (SSSR count). The lowest BCUT2D eigenvalue weighted by atomic mass is 9.99. The fourth-order valence-corrected chi connectivity index (χ4v) is 2.06. The highest BCUT2D eigenvalue weighted by Crippen LogP contribution is 2.27. The van der Waals surface area contributed by atoms with E-state index < -0.39 is 0 Å². The van der Waals surface area contributed by atoms with E-state index in [0.717, 1.165) is 25.3 Å². The summed E-state index contributed by atoms with van der Waals surface area (Å²) >= 11 is 0. The van der Waals surface area contributed by atoms with Gasteiger partial charge in [-0.25, -0.2) is 0 Å². The number of benzene rings is 1. The Morgan fingerprint density at radius 1 is 1.33 bits per heavy atom. The summed E-state index contributed by atoms with van der Waals surface area (Å²) in [5.41, 5.74) is 2.55. The zero-order valence-electron chi connectivity index (χ0n) is 11.9. The van der Waals surface area contributed by atoms with Crippen LogP contribution in [0.5, 0.6) is 5.75 Å². The maximum atomic E-state index is 8.82. The molecule has 1 aromatic carbocycles. The molecule has 0 spiro atoms. The Balaban J connectivity index is 2.75. The van der Waals surface area contributed by atoms with Crippen LogP contribution >= 0.6 is 0 Å². The molecule has 18 heavy (non-hydrogen) atoms. The zero-order chi connectivity index (χ0) is 13.5. The molecule has 0 aliphatic rings. The van der Waals surface area contributed by atoms with Crippen LogP contribution in [0.4, 0.5) is 0 Å². The van der Waals surface area contributed by atoms with Gasteiger partial charge in [-0.1, -0.05) is 26.0 Å². The van der Waals surface area contributed by atoms with Gasteiger partial charge in [-0.05, 0) is 36.6 Å². The summed E-state index contributed by atoms with van der Waals surface area (Å²) in [4.78, 5) is 2.22. The van der Waals surface area contributed by atoms with Crippen LogP contribution in [-0.2, 0) is 6.54 Å². The average molecular weight is 251 g/mol. The zero-order valence-corrected chi connectivity index (χ0v) is 11.9. The second kappa shape index (κ2) is 7.39. The Morgan fingerprint density at radius 2 is 2.06 bits per heavy atom. The van der Waals surface area contributed by atoms with Crippen LogP contribution in [0.3, 0.4) is 0 Å². The Labute approximate surface area is 110 Å². The van der Waals surface area contributed by atoms with Crippen LogP contribution in [0, 0.1) is 0 Å². The van der Waals surface area contributed by atoms with Crippen molar-refractivity contribution in [3.8, 4) is 5.75 Å². The van der Waals surface area contributed by atoms with Crippen LogP contribution in [-0.4, -0.2) is 37.3 Å². The van der Waals surface area contributed by atoms with Crippen molar-refractivity contribution in [2.75, 3.05) is 27.3 Å². The molecular formula is C15H25NO2. The van der Waals surface area contributed by atoms with Crippen molar-refractivity contribution >= 4 is 0 Å². The quantitative estimate of drug-likeness (QED) is 0.808. The van der Waals surface area contributed by atoms with Gasteiger partial charge in [0.25, 0.3) is 0 Å². The lowest BCUT2D eigenvalue weighted by molar-refractivity contribution is 0.244. The van der Waals surface area contributed by atoms with Gasteiger partial charge in [-0.3, -0.25) is 0 Å². The first-order valence-corrected chi connectivity index (χ1v) is 6.54. The molecule has 0 saturated heterocycles. The normalized spacial score (nSPS) is 11.3. The predicted molar refractivity (Wildman–Crippen MR) is 75.1 cm³/mol. The third-order valence-electron chi connectivity index (χ3n) is 3.07. The standard InChI is InChI=1S/C15H25NO2/c1-12(2)14-10-13(6-7-15(14)18-4)11-16(3)8-5-9-17/h6-7,10,12,17H,5,8-9,11H2,1-4H3. The second-order valence-corrected chi connectivity index (χ2v) is 5.05. The number of rotatable bonds is 7. The summed E-state index contributed by atoms with van der Waals surface area (Å²) in [6.07, 6.45) is 0.823. The maximum Gasteiger partial charge on any atom is 0.122 e. The molecule has 3 nitrogen and oxygen atoms in total. The third kappa shape index (κ3) is 4.31. The molecule has 0 aliphatic heterocycles. The second-order valence-electron chi connectivity index (χ2n) is 5.05. The van der Waals surface area contributed by atoms with Crippen molar-refractivity contribution in [1.82, 2.24) is 4.90 Å². The van der Waals surface area contributed by atoms with E-state index in [1.54, 1.807) is 7.11 Å². The van der Waals surface area contributed by atoms with E-state index in [1.165, 1.54) is 11.1 Å². The first-order valence-electron chi connectivity index (χ1n) is 6.54. The molecule has 0 saturated carbocycles. The smallest absolute Gasteiger partial charge is 0.122 e. The fraction of sp³-hybridized carbons (Fsp3) is 0.600. The molecule has 0 amide bonds. The summed E-state index contributed by atoms with van der Waals surface area (Å²) in [5, 5.41) is 8.82. The Kier molecular flexibility index (Phi) is 6.16. The van der Waals surface area contributed by atoms with Crippen LogP contribution in [0.2, 0.25) is 0 Å². The minimum atomic E-state index is 0.254. The number of methoxy groups -OCH3 is 1. The van der Waals surface area contributed by atoms with E-state index in [2.05, 4.69) is 37.9 Å². The summed E-state index contributed by atoms with van der Waals surface area (Å²) in [6, 6.07) is 6.38. The van der Waals surface area contributed by atoms with Crippen LogP contribution in [0.15, 0.2) is 18.2 Å². The molecule has 0 heterocycles. The third-order valence-corrected chi connectivity index (χ3v) is 3.07. The molecule has 0 bridgehead atoms. The largest absolute Gasteiger partial charge is 0.496 e. The highest BCUT2D eigenvalue weighted by atomic mass is 16.5. The molecule has 0 aromatic heterocycles. The van der Waals surface area contributed by atoms with Gasteiger partial charge in [0.1, 0.15) is 5.75 Å². The van der Waals surface area contributed by atoms with Crippen LogP contribution in [0.25, 0.3) is 0 Å². The van der Waals surface area contributed by atoms with Crippen molar-refractivity contribution < 1.29 is 9.84 Å². The highest BCUT2D eigenvalue weighted by Gasteiger charge is 2.09. The van der Waals surface area contributed by atoms with Crippen LogP contribution < -0.4 is 4.74 Å². The molecule has 0 atom stereocenters. The fourth-order valence-electron chi connectivity index (χ4n) is 2.06. The van der Waals surface area contributed by atoms with E-state index >= 15 is 0 Å². The van der Waals surface area contributed by atoms with E-state index in [9.17, 15) is 0 Å². The summed E-state index contributed by atoms with van der Waals surface area (Å²) in [7, 11) is 3.79. The SMILES string of the molecule is COc1ccc(CN(C)CCCO)cc1C(C)C. The Morgan fingerprint density at radius 3 is 2.61 bits per heavy atom. The van der Waals surface area contributed by atoms with Gasteiger partial charge in [-0.15, -0.1) is 0 Å². The topological polar surface area (TPSA) is 32.7 Å². The Hall–Kier alpha value is -1.06. The number of aliphatic hydroxyl groups is 1. The number of hydrogen-bond donors (Lipinski definition) is 1. The minimum absolute atomic E-state index is 0.254. The molecule has 0 unspecified atom stereocenters. The van der Waals surface area contributed by atoms with Gasteiger partial charge in [0.05, 0.1) is 7.11 Å². The number of ether oxygens (including phenoxy) is 1. The summed E-state index contributed by atoms with van der Waals surface area (Å²) < 4.78 is 5.38. The lowest BCUT2D eigenvalue weighted by Gasteiger charge is -2.18. The van der Waals surface area contributed by atoms with Crippen molar-refractivity contribution in [2.45, 2.75) is 32.7 Å². The van der Waals surface area contributed by atoms with Crippen molar-refractivity contribution in [1.29, 1.82) is 0 Å². The first-order chi connectivity index (χ1) is 8.58. The van der Waals surface area contributed by atoms with E-state index in [4.69, 9.17) is 9.84 Å². The van der Waals surface area contributed by atoms with Gasteiger partial charge >= 0.3 is 0 Å². The molecule has 3 heteroatoms. The molecule has 1 N–H and O–H groups in total. The molecular weight excluding hydrogens is 226 g/mol. The lowest BCUT2D eigenvalue weighted by Crippen LogP contribution is -2.20. The first kappa shape index (κ1) is 15.0. The molecule has 102 valence electrons. The van der Waals surface area contributed by atoms with E-state index in [0.29, 0.717) is 5.92 Å². The molecule has 0 fully saturated rings. The van der Waals surface area contributed by atoms with Gasteiger partial charge in [0, 0.05) is 19.7 Å². The number of hydrogen-bond acceptors (Lipinski definition) is 3. The average Bonchev–Trinajstić information content (AvgIpc) is 2.36. The van der Waals surface area contributed by atoms with Gasteiger partial charge in [-0.2, -0.15) is 0 Å². The van der Waals surface area contributed by atoms with Crippen molar-refractivity contribution in [3.05, 3.63) is 29.3 Å². The van der Waals surface area contributed by atoms with Crippen LogP contribution in [0.1, 0.15) is 37.3 Å². The monoisotopic (exact) mass is 251 g/mol. The molecule has 0 radical (unpaired) electrons.